The first kappa shape index (κ1) is 28.0. The van der Waals surface area contributed by atoms with Gasteiger partial charge in [-0.1, -0.05) is 57.7 Å². The number of carbonyl (C=O) groups excluding carboxylic acids is 1. The fraction of sp³-hybridized carbons (Fsp3) is 0.654. The van der Waals surface area contributed by atoms with E-state index in [9.17, 15) is 9.90 Å². The summed E-state index contributed by atoms with van der Waals surface area (Å²) in [6, 6.07) is 9.65. The quantitative estimate of drug-likeness (QED) is 0.305. The van der Waals surface area contributed by atoms with E-state index < -0.39 is 50.3 Å². The molecule has 1 N–H and O–H groups in total. The van der Waals surface area contributed by atoms with E-state index in [-0.39, 0.29) is 23.8 Å². The van der Waals surface area contributed by atoms with Gasteiger partial charge in [-0.15, -0.1) is 0 Å². The number of rotatable bonds is 9. The van der Waals surface area contributed by atoms with Crippen LogP contribution in [0.4, 0.5) is 0 Å². The zero-order valence-electron chi connectivity index (χ0n) is 22.1. The molecule has 0 bridgehead atoms. The van der Waals surface area contributed by atoms with Crippen LogP contribution in [0.1, 0.15) is 40.2 Å². The van der Waals surface area contributed by atoms with Crippen LogP contribution in [0, 0.1) is 0 Å². The van der Waals surface area contributed by atoms with Gasteiger partial charge in [-0.05, 0) is 37.5 Å². The molecular weight excluding hydrogens is 468 g/mol. The number of carbonyl (C=O) groups is 1. The van der Waals surface area contributed by atoms with Gasteiger partial charge in [0, 0.05) is 0 Å². The van der Waals surface area contributed by atoms with Crippen LogP contribution in [0.15, 0.2) is 42.5 Å². The van der Waals surface area contributed by atoms with Gasteiger partial charge in [0.25, 0.3) is 0 Å². The monoisotopic (exact) mass is 508 g/mol. The molecule has 2 aliphatic heterocycles. The van der Waals surface area contributed by atoms with Gasteiger partial charge in [0.1, 0.15) is 23.9 Å². The Bertz CT molecular complexity index is 910. The lowest BCUT2D eigenvalue weighted by molar-refractivity contribution is -0.243. The van der Waals surface area contributed by atoms with Crippen LogP contribution < -0.4 is 0 Å². The molecule has 0 unspecified atom stereocenters. The molecule has 196 valence electrons. The van der Waals surface area contributed by atoms with Gasteiger partial charge in [0.05, 0.1) is 25.9 Å². The van der Waals surface area contributed by atoms with Crippen molar-refractivity contribution >= 4 is 14.3 Å². The topological polar surface area (TPSA) is 92.7 Å². The first-order chi connectivity index (χ1) is 16.1. The largest absolute Gasteiger partial charge is 0.466 e. The average Bonchev–Trinajstić information content (AvgIpc) is 3.26. The van der Waals surface area contributed by atoms with Crippen LogP contribution in [0.25, 0.3) is 0 Å². The molecule has 0 amide bonds. The summed E-state index contributed by atoms with van der Waals surface area (Å²) < 4.78 is 35.8. The van der Waals surface area contributed by atoms with E-state index in [2.05, 4.69) is 40.4 Å². The number of fused-ring (bicyclic) bond motifs is 1. The Morgan fingerprint density at radius 2 is 1.80 bits per heavy atom. The van der Waals surface area contributed by atoms with Crippen LogP contribution in [0.3, 0.4) is 0 Å². The Hall–Kier alpha value is -1.59. The first-order valence-corrected chi connectivity index (χ1v) is 14.8. The van der Waals surface area contributed by atoms with Gasteiger partial charge in [-0.2, -0.15) is 0 Å². The lowest BCUT2D eigenvalue weighted by Gasteiger charge is -2.42. The zero-order valence-corrected chi connectivity index (χ0v) is 23.1. The number of hydrogen-bond acceptors (Lipinski definition) is 8. The van der Waals surface area contributed by atoms with E-state index in [0.29, 0.717) is 0 Å². The molecule has 2 fully saturated rings. The van der Waals surface area contributed by atoms with Crippen molar-refractivity contribution in [3.63, 3.8) is 0 Å². The maximum Gasteiger partial charge on any atom is 0.336 e. The first-order valence-electron chi connectivity index (χ1n) is 11.9. The molecule has 9 heteroatoms. The predicted octanol–water partition coefficient (Wildman–Crippen LogP) is 3.93. The van der Waals surface area contributed by atoms with Gasteiger partial charge in [0.2, 0.25) is 0 Å². The molecule has 0 saturated carbocycles. The van der Waals surface area contributed by atoms with Crippen LogP contribution in [0.2, 0.25) is 18.1 Å². The lowest BCUT2D eigenvalue weighted by Crippen LogP contribution is -2.58. The minimum Gasteiger partial charge on any atom is -0.466 e. The van der Waals surface area contributed by atoms with Crippen molar-refractivity contribution in [3.8, 4) is 0 Å². The third-order valence-electron chi connectivity index (χ3n) is 7.16. The molecular formula is C26H40O8Si. The SMILES string of the molecule is C=C(C(=O)OC)[C@@](O)(CO[Si](C)(C)C(C)(C)C)[C@H]1O[C@@H]2OC(C)(C)O[C@@H]2[C@H]1OCc1ccccc1. The number of methoxy groups -OCH3 is 1. The summed E-state index contributed by atoms with van der Waals surface area (Å²) in [5.41, 5.74) is -1.16. The molecule has 0 aromatic heterocycles. The van der Waals surface area contributed by atoms with Crippen molar-refractivity contribution in [2.45, 2.75) is 95.3 Å². The second-order valence-electron chi connectivity index (χ2n) is 11.2. The molecule has 3 rings (SSSR count). The zero-order chi connectivity index (χ0) is 26.2. The number of aliphatic hydroxyl groups is 1. The standard InChI is InChI=1S/C26H40O8Si/c1-17(22(27)29-7)26(28,16-31-35(8,9)24(2,3)4)21-19(30-15-18-13-11-10-12-14-18)20-23(32-21)34-25(5,6)33-20/h10-14,19-21,23,28H,1,15-16H2,2-9H3/t19-,20-,21+,23-,26+/m1/s1. The Kier molecular flexibility index (Phi) is 8.03. The number of hydrogen-bond donors (Lipinski definition) is 1. The van der Waals surface area contributed by atoms with Gasteiger partial charge < -0.3 is 33.2 Å². The molecule has 35 heavy (non-hydrogen) atoms. The van der Waals surface area contributed by atoms with Crippen LogP contribution >= 0.6 is 0 Å². The molecule has 2 heterocycles. The molecule has 8 nitrogen and oxygen atoms in total. The van der Waals surface area contributed by atoms with E-state index in [1.165, 1.54) is 7.11 Å². The van der Waals surface area contributed by atoms with E-state index in [0.717, 1.165) is 5.56 Å². The average molecular weight is 509 g/mol. The summed E-state index contributed by atoms with van der Waals surface area (Å²) in [4.78, 5) is 12.6. The van der Waals surface area contributed by atoms with Crippen molar-refractivity contribution in [2.75, 3.05) is 13.7 Å². The second-order valence-corrected chi connectivity index (χ2v) is 16.0. The Labute approximate surface area is 209 Å². The van der Waals surface area contributed by atoms with Crippen molar-refractivity contribution in [2.24, 2.45) is 0 Å². The Morgan fingerprint density at radius 1 is 1.17 bits per heavy atom. The highest BCUT2D eigenvalue weighted by Gasteiger charge is 2.62. The predicted molar refractivity (Wildman–Crippen MR) is 133 cm³/mol. The highest BCUT2D eigenvalue weighted by atomic mass is 28.4. The van der Waals surface area contributed by atoms with Gasteiger partial charge in [0.15, 0.2) is 20.4 Å². The second kappa shape index (κ2) is 10.0. The fourth-order valence-corrected chi connectivity index (χ4v) is 4.97. The summed E-state index contributed by atoms with van der Waals surface area (Å²) in [6.45, 7) is 17.9. The highest BCUT2D eigenvalue weighted by Crippen LogP contribution is 2.45. The highest BCUT2D eigenvalue weighted by molar-refractivity contribution is 6.74. The third kappa shape index (κ3) is 5.88. The van der Waals surface area contributed by atoms with Crippen molar-refractivity contribution in [1.82, 2.24) is 0 Å². The summed E-state index contributed by atoms with van der Waals surface area (Å²) in [6.07, 6.45) is -3.23. The molecule has 2 aliphatic rings. The summed E-state index contributed by atoms with van der Waals surface area (Å²) in [5.74, 6) is -1.64. The van der Waals surface area contributed by atoms with E-state index in [4.69, 9.17) is 28.1 Å². The van der Waals surface area contributed by atoms with Crippen LogP contribution in [-0.4, -0.2) is 69.1 Å². The lowest BCUT2D eigenvalue weighted by atomic mass is 9.86. The van der Waals surface area contributed by atoms with Crippen molar-refractivity contribution in [1.29, 1.82) is 0 Å². The van der Waals surface area contributed by atoms with Crippen molar-refractivity contribution in [3.05, 3.63) is 48.0 Å². The smallest absolute Gasteiger partial charge is 0.336 e. The van der Waals surface area contributed by atoms with E-state index in [1.807, 2.05) is 30.3 Å². The normalized spacial score (nSPS) is 27.8. The van der Waals surface area contributed by atoms with E-state index >= 15 is 0 Å². The maximum absolute atomic E-state index is 12.6. The van der Waals surface area contributed by atoms with Crippen LogP contribution in [0.5, 0.6) is 0 Å². The summed E-state index contributed by atoms with van der Waals surface area (Å²) >= 11 is 0. The maximum atomic E-state index is 12.6. The summed E-state index contributed by atoms with van der Waals surface area (Å²) in [7, 11) is -1.07. The Morgan fingerprint density at radius 3 is 2.37 bits per heavy atom. The molecule has 1 aromatic carbocycles. The summed E-state index contributed by atoms with van der Waals surface area (Å²) in [5, 5.41) is 11.9. The molecule has 1 aromatic rings. The minimum atomic E-state index is -2.31. The van der Waals surface area contributed by atoms with Gasteiger partial charge in [-0.3, -0.25) is 0 Å². The number of benzene rings is 1. The molecule has 5 atom stereocenters. The van der Waals surface area contributed by atoms with E-state index in [1.54, 1.807) is 13.8 Å². The molecule has 0 spiro atoms. The number of ether oxygens (including phenoxy) is 5. The van der Waals surface area contributed by atoms with Gasteiger partial charge >= 0.3 is 5.97 Å². The minimum absolute atomic E-state index is 0.118. The fourth-order valence-electron chi connectivity index (χ4n) is 3.96. The number of esters is 1. The van der Waals surface area contributed by atoms with Crippen LogP contribution in [-0.2, 0) is 39.5 Å². The van der Waals surface area contributed by atoms with Crippen molar-refractivity contribution < 1.29 is 38.0 Å². The van der Waals surface area contributed by atoms with Gasteiger partial charge in [-0.25, -0.2) is 4.79 Å². The molecule has 0 radical (unpaired) electrons. The third-order valence-corrected chi connectivity index (χ3v) is 11.6. The molecule has 0 aliphatic carbocycles. The Balaban J connectivity index is 1.95. The molecule has 2 saturated heterocycles.